The Hall–Kier alpha value is -3.42. The van der Waals surface area contributed by atoms with Gasteiger partial charge in [-0.2, -0.15) is 0 Å². The number of nitrogen functional groups attached to an aromatic ring is 1. The van der Waals surface area contributed by atoms with E-state index in [9.17, 15) is 9.59 Å². The van der Waals surface area contributed by atoms with Gasteiger partial charge in [0, 0.05) is 30.1 Å². The number of nitrogens with zero attached hydrogens (tertiary/aromatic N) is 4. The van der Waals surface area contributed by atoms with Gasteiger partial charge in [0.25, 0.3) is 5.91 Å². The third-order valence-electron chi connectivity index (χ3n) is 4.86. The monoisotopic (exact) mass is 379 g/mol. The number of hydrogen-bond acceptors (Lipinski definition) is 6. The number of ketones is 1. The summed E-state index contributed by atoms with van der Waals surface area (Å²) in [7, 11) is 0. The second kappa shape index (κ2) is 6.95. The van der Waals surface area contributed by atoms with Crippen molar-refractivity contribution in [3.63, 3.8) is 0 Å². The number of hydrogen-bond donors (Lipinski definition) is 1. The van der Waals surface area contributed by atoms with Gasteiger partial charge in [0.1, 0.15) is 24.3 Å². The maximum Gasteiger partial charge on any atom is 0.267 e. The molecule has 0 atom stereocenters. The zero-order valence-corrected chi connectivity index (χ0v) is 15.8. The number of benzene rings is 1. The summed E-state index contributed by atoms with van der Waals surface area (Å²) in [6, 6.07) is 7.61. The predicted molar refractivity (Wildman–Crippen MR) is 106 cm³/mol. The summed E-state index contributed by atoms with van der Waals surface area (Å²) >= 11 is 0. The minimum absolute atomic E-state index is 0.0179. The van der Waals surface area contributed by atoms with Crippen molar-refractivity contribution < 1.29 is 14.3 Å². The van der Waals surface area contributed by atoms with Crippen LogP contribution in [0, 0.1) is 0 Å². The molecule has 0 spiro atoms. The maximum absolute atomic E-state index is 13.1. The molecule has 1 aliphatic rings. The third-order valence-corrected chi connectivity index (χ3v) is 4.86. The predicted octanol–water partition coefficient (Wildman–Crippen LogP) is 2.67. The first-order chi connectivity index (χ1) is 13.5. The lowest BCUT2D eigenvalue weighted by molar-refractivity contribution is 0.0986. The first kappa shape index (κ1) is 18.0. The Morgan fingerprint density at radius 1 is 1.29 bits per heavy atom. The van der Waals surface area contributed by atoms with Gasteiger partial charge >= 0.3 is 0 Å². The standard InChI is InChI=1S/C20H21N5O3/c1-3-6-25-15-5-4-14(9-13(15)10-16(25)12(2)26)24-7-8-28-19-17(20(24)27)18(21)22-11-23-19/h4-5,9-11H,3,6-8H2,1-2H3,(H2,21,22,23). The van der Waals surface area contributed by atoms with Gasteiger partial charge in [-0.05, 0) is 30.7 Å². The Bertz CT molecular complexity index is 1090. The number of nitrogens with two attached hydrogens (primary N) is 1. The number of aryl methyl sites for hydroxylation is 1. The van der Waals surface area contributed by atoms with E-state index in [0.29, 0.717) is 24.5 Å². The molecule has 0 unspecified atom stereocenters. The van der Waals surface area contributed by atoms with Crippen molar-refractivity contribution in [1.29, 1.82) is 0 Å². The molecule has 1 aliphatic heterocycles. The zero-order chi connectivity index (χ0) is 19.8. The van der Waals surface area contributed by atoms with E-state index in [4.69, 9.17) is 10.5 Å². The number of rotatable bonds is 4. The Labute approximate surface area is 161 Å². The lowest BCUT2D eigenvalue weighted by Crippen LogP contribution is -2.32. The smallest absolute Gasteiger partial charge is 0.267 e. The van der Waals surface area contributed by atoms with E-state index < -0.39 is 0 Å². The fourth-order valence-electron chi connectivity index (χ4n) is 3.59. The van der Waals surface area contributed by atoms with Gasteiger partial charge in [0.15, 0.2) is 5.78 Å². The second-order valence-corrected chi connectivity index (χ2v) is 6.72. The van der Waals surface area contributed by atoms with Crippen LogP contribution in [-0.2, 0) is 6.54 Å². The van der Waals surface area contributed by atoms with Crippen molar-refractivity contribution >= 4 is 34.1 Å². The van der Waals surface area contributed by atoms with E-state index in [2.05, 4.69) is 16.9 Å². The summed E-state index contributed by atoms with van der Waals surface area (Å²) in [5, 5.41) is 0.909. The Balaban J connectivity index is 1.80. The molecule has 8 heteroatoms. The SMILES string of the molecule is CCCn1c(C(C)=O)cc2cc(N3CCOc4ncnc(N)c4C3=O)ccc21. The fourth-order valence-corrected chi connectivity index (χ4v) is 3.59. The van der Waals surface area contributed by atoms with Crippen molar-refractivity contribution in [1.82, 2.24) is 14.5 Å². The summed E-state index contributed by atoms with van der Waals surface area (Å²) in [5.41, 5.74) is 8.42. The molecular formula is C20H21N5O3. The van der Waals surface area contributed by atoms with Crippen LogP contribution in [0.5, 0.6) is 5.88 Å². The van der Waals surface area contributed by atoms with Gasteiger partial charge in [0.05, 0.1) is 12.2 Å². The van der Waals surface area contributed by atoms with E-state index in [1.54, 1.807) is 11.8 Å². The molecule has 3 aromatic rings. The van der Waals surface area contributed by atoms with Crippen LogP contribution >= 0.6 is 0 Å². The lowest BCUT2D eigenvalue weighted by atomic mass is 10.2. The number of aromatic nitrogens is 3. The number of carbonyl (C=O) groups excluding carboxylic acids is 2. The fraction of sp³-hybridized carbons (Fsp3) is 0.300. The molecule has 0 radical (unpaired) electrons. The topological polar surface area (TPSA) is 103 Å². The number of fused-ring (bicyclic) bond motifs is 2. The molecule has 0 bridgehead atoms. The molecule has 28 heavy (non-hydrogen) atoms. The van der Waals surface area contributed by atoms with Gasteiger partial charge in [-0.3, -0.25) is 9.59 Å². The molecule has 8 nitrogen and oxygen atoms in total. The molecule has 144 valence electrons. The molecule has 2 aromatic heterocycles. The Morgan fingerprint density at radius 2 is 2.11 bits per heavy atom. The quantitative estimate of drug-likeness (QED) is 0.699. The van der Waals surface area contributed by atoms with E-state index in [0.717, 1.165) is 23.9 Å². The van der Waals surface area contributed by atoms with Crippen LogP contribution in [0.25, 0.3) is 10.9 Å². The summed E-state index contributed by atoms with van der Waals surface area (Å²) in [6.45, 7) is 5.05. The van der Waals surface area contributed by atoms with E-state index >= 15 is 0 Å². The summed E-state index contributed by atoms with van der Waals surface area (Å²) in [6.07, 6.45) is 2.20. The number of anilines is 2. The molecule has 0 saturated heterocycles. The first-order valence-corrected chi connectivity index (χ1v) is 9.20. The van der Waals surface area contributed by atoms with Crippen molar-refractivity contribution in [2.75, 3.05) is 23.8 Å². The summed E-state index contributed by atoms with van der Waals surface area (Å²) in [4.78, 5) is 34.7. The molecule has 4 rings (SSSR count). The normalized spacial score (nSPS) is 13.9. The van der Waals surface area contributed by atoms with Crippen LogP contribution < -0.4 is 15.4 Å². The number of Topliss-reactive ketones (excluding diaryl/α,β-unsaturated/α-hetero) is 1. The maximum atomic E-state index is 13.1. The molecule has 0 saturated carbocycles. The Kier molecular flexibility index (Phi) is 4.46. The minimum atomic E-state index is -0.301. The number of amides is 1. The molecule has 0 aliphatic carbocycles. The van der Waals surface area contributed by atoms with Gasteiger partial charge in [-0.25, -0.2) is 9.97 Å². The van der Waals surface area contributed by atoms with Crippen LogP contribution in [0.2, 0.25) is 0 Å². The van der Waals surface area contributed by atoms with Gasteiger partial charge in [-0.1, -0.05) is 6.92 Å². The van der Waals surface area contributed by atoms with Crippen molar-refractivity contribution in [2.24, 2.45) is 0 Å². The number of ether oxygens (including phenoxy) is 1. The van der Waals surface area contributed by atoms with Crippen LogP contribution in [0.1, 0.15) is 41.1 Å². The highest BCUT2D eigenvalue weighted by molar-refractivity contribution is 6.11. The van der Waals surface area contributed by atoms with E-state index in [1.807, 2.05) is 28.8 Å². The Morgan fingerprint density at radius 3 is 2.86 bits per heavy atom. The minimum Gasteiger partial charge on any atom is -0.475 e. The average molecular weight is 379 g/mol. The lowest BCUT2D eigenvalue weighted by Gasteiger charge is -2.20. The highest BCUT2D eigenvalue weighted by Gasteiger charge is 2.29. The number of carbonyl (C=O) groups is 2. The second-order valence-electron chi connectivity index (χ2n) is 6.72. The van der Waals surface area contributed by atoms with Gasteiger partial charge in [-0.15, -0.1) is 0 Å². The van der Waals surface area contributed by atoms with Crippen molar-refractivity contribution in [2.45, 2.75) is 26.8 Å². The molecule has 0 fully saturated rings. The average Bonchev–Trinajstić information content (AvgIpc) is 2.93. The highest BCUT2D eigenvalue weighted by Crippen LogP contribution is 2.30. The zero-order valence-electron chi connectivity index (χ0n) is 15.8. The van der Waals surface area contributed by atoms with Crippen LogP contribution in [0.15, 0.2) is 30.6 Å². The molecule has 1 aromatic carbocycles. The van der Waals surface area contributed by atoms with Crippen LogP contribution in [0.3, 0.4) is 0 Å². The highest BCUT2D eigenvalue weighted by atomic mass is 16.5. The summed E-state index contributed by atoms with van der Waals surface area (Å²) < 4.78 is 7.61. The summed E-state index contributed by atoms with van der Waals surface area (Å²) in [5.74, 6) is 0.0130. The van der Waals surface area contributed by atoms with Crippen LogP contribution in [-0.4, -0.2) is 39.4 Å². The first-order valence-electron chi connectivity index (χ1n) is 9.20. The molecular weight excluding hydrogens is 358 g/mol. The van der Waals surface area contributed by atoms with Gasteiger partial charge in [0.2, 0.25) is 5.88 Å². The molecule has 1 amide bonds. The van der Waals surface area contributed by atoms with Crippen LogP contribution in [0.4, 0.5) is 11.5 Å². The van der Waals surface area contributed by atoms with Gasteiger partial charge < -0.3 is 19.9 Å². The van der Waals surface area contributed by atoms with Crippen molar-refractivity contribution in [3.05, 3.63) is 41.9 Å². The largest absolute Gasteiger partial charge is 0.475 e. The van der Waals surface area contributed by atoms with Crippen molar-refractivity contribution in [3.8, 4) is 5.88 Å². The molecule has 2 N–H and O–H groups in total. The third kappa shape index (κ3) is 2.87. The van der Waals surface area contributed by atoms with E-state index in [-0.39, 0.29) is 29.0 Å². The van der Waals surface area contributed by atoms with E-state index in [1.165, 1.54) is 6.33 Å². The molecule has 3 heterocycles.